The number of rotatable bonds is 8. The van der Waals surface area contributed by atoms with Crippen LogP contribution in [0.1, 0.15) is 73.6 Å². The van der Waals surface area contributed by atoms with E-state index in [9.17, 15) is 0 Å². The molecule has 0 radical (unpaired) electrons. The van der Waals surface area contributed by atoms with Crippen molar-refractivity contribution in [2.75, 3.05) is 13.1 Å². The van der Waals surface area contributed by atoms with Gasteiger partial charge in [-0.25, -0.2) is 0 Å². The molecule has 120 valence electrons. The molecular weight excluding hydrogens is 244 g/mol. The zero-order valence-electron chi connectivity index (χ0n) is 14.8. The first-order chi connectivity index (χ1) is 9.40. The molecule has 2 nitrogen and oxygen atoms in total. The van der Waals surface area contributed by atoms with Gasteiger partial charge in [0, 0.05) is 31.2 Å². The van der Waals surface area contributed by atoms with E-state index in [0.717, 1.165) is 24.4 Å². The Bertz CT molecular complexity index is 240. The molecule has 0 heterocycles. The highest BCUT2D eigenvalue weighted by molar-refractivity contribution is 4.79. The number of nitrogens with one attached hydrogen (secondary N) is 1. The molecule has 20 heavy (non-hydrogen) atoms. The molecule has 0 saturated heterocycles. The Hall–Kier alpha value is -0.0800. The van der Waals surface area contributed by atoms with E-state index in [1.165, 1.54) is 38.6 Å². The van der Waals surface area contributed by atoms with Crippen molar-refractivity contribution in [3.63, 3.8) is 0 Å². The smallest absolute Gasteiger partial charge is 0.0112 e. The molecule has 0 bridgehead atoms. The molecule has 1 fully saturated rings. The maximum atomic E-state index is 3.82. The number of nitrogens with zero attached hydrogens (tertiary/aromatic N) is 1. The van der Waals surface area contributed by atoms with E-state index in [1.807, 2.05) is 0 Å². The average molecular weight is 283 g/mol. The fourth-order valence-corrected chi connectivity index (χ4v) is 3.87. The van der Waals surface area contributed by atoms with Gasteiger partial charge in [0.05, 0.1) is 0 Å². The molecule has 1 aliphatic carbocycles. The van der Waals surface area contributed by atoms with Crippen molar-refractivity contribution >= 4 is 0 Å². The molecule has 0 amide bonds. The summed E-state index contributed by atoms with van der Waals surface area (Å²) in [7, 11) is 0. The lowest BCUT2D eigenvalue weighted by atomic mass is 9.81. The molecule has 1 saturated carbocycles. The molecular formula is C18H38N2. The van der Waals surface area contributed by atoms with Crippen LogP contribution in [0, 0.1) is 11.8 Å². The van der Waals surface area contributed by atoms with Crippen LogP contribution in [0.25, 0.3) is 0 Å². The minimum Gasteiger partial charge on any atom is -0.313 e. The molecule has 1 rings (SSSR count). The van der Waals surface area contributed by atoms with E-state index in [2.05, 4.69) is 51.8 Å². The summed E-state index contributed by atoms with van der Waals surface area (Å²) in [6, 6.07) is 2.07. The van der Waals surface area contributed by atoms with Crippen LogP contribution in [0.15, 0.2) is 0 Å². The first kappa shape index (κ1) is 18.0. The van der Waals surface area contributed by atoms with Gasteiger partial charge in [-0.15, -0.1) is 0 Å². The molecule has 0 aromatic rings. The van der Waals surface area contributed by atoms with Crippen LogP contribution in [0.2, 0.25) is 0 Å². The highest BCUT2D eigenvalue weighted by atomic mass is 15.2. The van der Waals surface area contributed by atoms with Gasteiger partial charge in [0.1, 0.15) is 0 Å². The maximum Gasteiger partial charge on any atom is 0.0112 e. The lowest BCUT2D eigenvalue weighted by Gasteiger charge is -2.34. The van der Waals surface area contributed by atoms with Crippen LogP contribution in [-0.2, 0) is 0 Å². The van der Waals surface area contributed by atoms with Crippen LogP contribution in [0.3, 0.4) is 0 Å². The van der Waals surface area contributed by atoms with Crippen molar-refractivity contribution in [1.29, 1.82) is 0 Å². The van der Waals surface area contributed by atoms with Gasteiger partial charge in [0.2, 0.25) is 0 Å². The average Bonchev–Trinajstić information content (AvgIpc) is 2.33. The molecule has 2 unspecified atom stereocenters. The lowest BCUT2D eigenvalue weighted by molar-refractivity contribution is 0.168. The van der Waals surface area contributed by atoms with Gasteiger partial charge in [-0.3, -0.25) is 4.90 Å². The first-order valence-electron chi connectivity index (χ1n) is 8.89. The Morgan fingerprint density at radius 1 is 1.00 bits per heavy atom. The first-order valence-corrected chi connectivity index (χ1v) is 8.89. The second-order valence-corrected chi connectivity index (χ2v) is 7.74. The number of hydrogen-bond acceptors (Lipinski definition) is 2. The van der Waals surface area contributed by atoms with Crippen molar-refractivity contribution in [2.24, 2.45) is 11.8 Å². The fourth-order valence-electron chi connectivity index (χ4n) is 3.87. The summed E-state index contributed by atoms with van der Waals surface area (Å²) in [5, 5.41) is 3.82. The van der Waals surface area contributed by atoms with Crippen molar-refractivity contribution in [3.8, 4) is 0 Å². The standard InChI is InChI=1S/C18H38N2/c1-14(2)12-17-8-7-9-18(13-17)19-10-11-20(15(3)4)16(5)6/h14-19H,7-13H2,1-6H3. The Balaban J connectivity index is 2.27. The summed E-state index contributed by atoms with van der Waals surface area (Å²) in [4.78, 5) is 2.58. The summed E-state index contributed by atoms with van der Waals surface area (Å²) in [5.74, 6) is 1.82. The Morgan fingerprint density at radius 3 is 2.20 bits per heavy atom. The SMILES string of the molecule is CC(C)CC1CCCC(NCCN(C(C)C)C(C)C)C1. The second kappa shape index (κ2) is 9.04. The second-order valence-electron chi connectivity index (χ2n) is 7.74. The topological polar surface area (TPSA) is 15.3 Å². The van der Waals surface area contributed by atoms with Gasteiger partial charge in [-0.1, -0.05) is 26.7 Å². The van der Waals surface area contributed by atoms with Gasteiger partial charge >= 0.3 is 0 Å². The Labute approximate surface area is 127 Å². The van der Waals surface area contributed by atoms with Crippen LogP contribution in [0.4, 0.5) is 0 Å². The molecule has 2 atom stereocenters. The fraction of sp³-hybridized carbons (Fsp3) is 1.00. The van der Waals surface area contributed by atoms with E-state index < -0.39 is 0 Å². The van der Waals surface area contributed by atoms with Crippen LogP contribution in [-0.4, -0.2) is 36.1 Å². The van der Waals surface area contributed by atoms with Gasteiger partial charge < -0.3 is 5.32 Å². The van der Waals surface area contributed by atoms with E-state index in [4.69, 9.17) is 0 Å². The van der Waals surface area contributed by atoms with Crippen LogP contribution < -0.4 is 5.32 Å². The van der Waals surface area contributed by atoms with E-state index >= 15 is 0 Å². The monoisotopic (exact) mass is 282 g/mol. The van der Waals surface area contributed by atoms with Gasteiger partial charge in [-0.05, 0) is 58.8 Å². The predicted molar refractivity (Wildman–Crippen MR) is 90.2 cm³/mol. The highest BCUT2D eigenvalue weighted by Gasteiger charge is 2.22. The lowest BCUT2D eigenvalue weighted by Crippen LogP contribution is -2.44. The van der Waals surface area contributed by atoms with E-state index in [1.54, 1.807) is 0 Å². The summed E-state index contributed by atoms with van der Waals surface area (Å²) >= 11 is 0. The molecule has 0 aromatic carbocycles. The molecule has 0 aromatic heterocycles. The summed E-state index contributed by atoms with van der Waals surface area (Å²) < 4.78 is 0. The molecule has 2 heteroatoms. The molecule has 1 aliphatic rings. The Kier molecular flexibility index (Phi) is 8.13. The maximum absolute atomic E-state index is 3.82. The predicted octanol–water partition coefficient (Wildman–Crippen LogP) is 4.30. The van der Waals surface area contributed by atoms with Crippen LogP contribution >= 0.6 is 0 Å². The minimum absolute atomic E-state index is 0.650. The molecule has 0 spiro atoms. The zero-order chi connectivity index (χ0) is 15.1. The quantitative estimate of drug-likeness (QED) is 0.714. The molecule has 0 aliphatic heterocycles. The van der Waals surface area contributed by atoms with Crippen molar-refractivity contribution in [1.82, 2.24) is 10.2 Å². The van der Waals surface area contributed by atoms with E-state index in [-0.39, 0.29) is 0 Å². The van der Waals surface area contributed by atoms with Crippen molar-refractivity contribution < 1.29 is 0 Å². The van der Waals surface area contributed by atoms with Gasteiger partial charge in [0.15, 0.2) is 0 Å². The van der Waals surface area contributed by atoms with E-state index in [0.29, 0.717) is 12.1 Å². The summed E-state index contributed by atoms with van der Waals surface area (Å²) in [5.41, 5.74) is 0. The van der Waals surface area contributed by atoms with Gasteiger partial charge in [0.25, 0.3) is 0 Å². The molecule has 1 N–H and O–H groups in total. The third-order valence-electron chi connectivity index (χ3n) is 4.72. The van der Waals surface area contributed by atoms with Crippen molar-refractivity contribution in [3.05, 3.63) is 0 Å². The zero-order valence-corrected chi connectivity index (χ0v) is 14.8. The summed E-state index contributed by atoms with van der Waals surface area (Å²) in [6.45, 7) is 16.3. The normalized spacial score (nSPS) is 24.3. The summed E-state index contributed by atoms with van der Waals surface area (Å²) in [6.07, 6.45) is 7.09. The highest BCUT2D eigenvalue weighted by Crippen LogP contribution is 2.29. The van der Waals surface area contributed by atoms with Crippen molar-refractivity contribution in [2.45, 2.75) is 91.8 Å². The minimum atomic E-state index is 0.650. The number of hydrogen-bond donors (Lipinski definition) is 1. The third-order valence-corrected chi connectivity index (χ3v) is 4.72. The van der Waals surface area contributed by atoms with Crippen LogP contribution in [0.5, 0.6) is 0 Å². The third kappa shape index (κ3) is 6.58. The Morgan fingerprint density at radius 2 is 1.65 bits per heavy atom. The largest absolute Gasteiger partial charge is 0.313 e. The van der Waals surface area contributed by atoms with Gasteiger partial charge in [-0.2, -0.15) is 0 Å².